The maximum absolute atomic E-state index is 12.2. The summed E-state index contributed by atoms with van der Waals surface area (Å²) < 4.78 is 1.87. The highest BCUT2D eigenvalue weighted by molar-refractivity contribution is 7.20. The van der Waals surface area contributed by atoms with E-state index in [0.717, 1.165) is 78.1 Å². The van der Waals surface area contributed by atoms with E-state index in [4.69, 9.17) is 21.7 Å². The van der Waals surface area contributed by atoms with Gasteiger partial charge in [-0.1, -0.05) is 35.1 Å². The summed E-state index contributed by atoms with van der Waals surface area (Å²) in [7, 11) is 0. The maximum Gasteiger partial charge on any atom is 0.222 e. The number of rotatable bonds is 3. The van der Waals surface area contributed by atoms with Crippen molar-refractivity contribution in [2.45, 2.75) is 38.1 Å². The third kappa shape index (κ3) is 3.37. The number of anilines is 1. The van der Waals surface area contributed by atoms with Crippen molar-refractivity contribution in [3.8, 4) is 11.3 Å². The summed E-state index contributed by atoms with van der Waals surface area (Å²) in [5.74, 6) is 0.340. The fraction of sp³-hybridized carbons (Fsp3) is 0.450. The van der Waals surface area contributed by atoms with Gasteiger partial charge in [-0.05, 0) is 37.8 Å². The van der Waals surface area contributed by atoms with Crippen LogP contribution in [0.25, 0.3) is 16.2 Å². The molecule has 5 rings (SSSR count). The number of imidazole rings is 1. The molecular weight excluding hydrogens is 394 g/mol. The third-order valence-electron chi connectivity index (χ3n) is 5.71. The van der Waals surface area contributed by atoms with Crippen molar-refractivity contribution in [1.82, 2.24) is 19.5 Å². The maximum atomic E-state index is 12.2. The number of nitrogens with zero attached hydrogens (tertiary/aromatic N) is 5. The van der Waals surface area contributed by atoms with E-state index in [1.54, 1.807) is 11.3 Å². The second kappa shape index (κ2) is 7.37. The first-order chi connectivity index (χ1) is 13.7. The largest absolute Gasteiger partial charge is 0.347 e. The van der Waals surface area contributed by atoms with Crippen molar-refractivity contribution in [3.63, 3.8) is 0 Å². The summed E-state index contributed by atoms with van der Waals surface area (Å²) in [6, 6.07) is 8.09. The van der Waals surface area contributed by atoms with Gasteiger partial charge in [-0.2, -0.15) is 0 Å². The zero-order chi connectivity index (χ0) is 19.1. The fourth-order valence-electron chi connectivity index (χ4n) is 4.16. The number of hydrogen-bond acceptors (Lipinski definition) is 5. The Balaban J connectivity index is 1.27. The number of carbonyl (C=O) groups excluding carboxylic acids is 1. The van der Waals surface area contributed by atoms with E-state index in [2.05, 4.69) is 9.80 Å². The Hall–Kier alpha value is -2.12. The van der Waals surface area contributed by atoms with Gasteiger partial charge in [-0.15, -0.1) is 5.10 Å². The van der Waals surface area contributed by atoms with Gasteiger partial charge in [-0.25, -0.2) is 9.50 Å². The smallest absolute Gasteiger partial charge is 0.222 e. The van der Waals surface area contributed by atoms with Crippen LogP contribution in [0.5, 0.6) is 0 Å². The molecule has 2 fully saturated rings. The third-order valence-corrected chi connectivity index (χ3v) is 6.94. The minimum absolute atomic E-state index is 0.340. The quantitative estimate of drug-likeness (QED) is 0.646. The molecule has 0 bridgehead atoms. The molecule has 2 aromatic heterocycles. The average Bonchev–Trinajstić information content (AvgIpc) is 3.28. The molecule has 0 N–H and O–H groups in total. The molecule has 6 nitrogen and oxygen atoms in total. The molecule has 1 amide bonds. The second-order valence-corrected chi connectivity index (χ2v) is 8.88. The Labute approximate surface area is 172 Å². The van der Waals surface area contributed by atoms with E-state index >= 15 is 0 Å². The first-order valence-corrected chi connectivity index (χ1v) is 11.0. The van der Waals surface area contributed by atoms with Gasteiger partial charge in [-0.3, -0.25) is 4.79 Å². The van der Waals surface area contributed by atoms with Gasteiger partial charge in [0.05, 0.1) is 11.9 Å². The van der Waals surface area contributed by atoms with Gasteiger partial charge in [0, 0.05) is 42.7 Å². The molecule has 0 aliphatic carbocycles. The zero-order valence-corrected chi connectivity index (χ0v) is 17.1. The van der Waals surface area contributed by atoms with Gasteiger partial charge in [0.1, 0.15) is 0 Å². The zero-order valence-electron chi connectivity index (χ0n) is 15.6. The molecule has 0 saturated carbocycles. The lowest BCUT2D eigenvalue weighted by Crippen LogP contribution is -2.49. The molecule has 0 spiro atoms. The number of piperidine rings is 2. The lowest BCUT2D eigenvalue weighted by molar-refractivity contribution is -0.136. The van der Waals surface area contributed by atoms with Crippen molar-refractivity contribution in [1.29, 1.82) is 0 Å². The van der Waals surface area contributed by atoms with E-state index in [0.29, 0.717) is 11.9 Å². The van der Waals surface area contributed by atoms with E-state index in [-0.39, 0.29) is 0 Å². The Kier molecular flexibility index (Phi) is 4.72. The number of halogens is 1. The van der Waals surface area contributed by atoms with Gasteiger partial charge in [0.15, 0.2) is 0 Å². The predicted molar refractivity (Wildman–Crippen MR) is 112 cm³/mol. The van der Waals surface area contributed by atoms with Crippen LogP contribution in [-0.2, 0) is 4.79 Å². The van der Waals surface area contributed by atoms with Crippen molar-refractivity contribution >= 4 is 38.9 Å². The second-order valence-electron chi connectivity index (χ2n) is 7.51. The van der Waals surface area contributed by atoms with Crippen LogP contribution in [0.2, 0.25) is 5.02 Å². The number of carbonyl (C=O) groups is 1. The monoisotopic (exact) mass is 415 g/mol. The number of benzene rings is 1. The molecule has 4 heterocycles. The van der Waals surface area contributed by atoms with Gasteiger partial charge in [0.25, 0.3) is 0 Å². The highest BCUT2D eigenvalue weighted by Crippen LogP contribution is 2.30. The molecule has 0 atom stereocenters. The predicted octanol–water partition coefficient (Wildman–Crippen LogP) is 4.09. The van der Waals surface area contributed by atoms with Crippen molar-refractivity contribution < 1.29 is 4.79 Å². The highest BCUT2D eigenvalue weighted by Gasteiger charge is 2.30. The molecule has 0 radical (unpaired) electrons. The molecule has 3 aromatic rings. The van der Waals surface area contributed by atoms with Crippen LogP contribution < -0.4 is 4.90 Å². The van der Waals surface area contributed by atoms with E-state index < -0.39 is 0 Å². The standard InChI is InChI=1S/C20H22ClN5OS/c21-15-6-4-14(5-7-15)17-13-26-19(22-17)28-20(23-26)24-11-8-16(9-12-24)25-10-2-1-3-18(25)27/h4-7,13,16H,1-3,8-12H2. The molecule has 2 aliphatic rings. The van der Waals surface area contributed by atoms with E-state index in [1.165, 1.54) is 0 Å². The number of amides is 1. The summed E-state index contributed by atoms with van der Waals surface area (Å²) in [4.78, 5) is 22.2. The number of fused-ring (bicyclic) bond motifs is 1. The van der Waals surface area contributed by atoms with Crippen LogP contribution >= 0.6 is 22.9 Å². The van der Waals surface area contributed by atoms with Crippen LogP contribution in [0.1, 0.15) is 32.1 Å². The van der Waals surface area contributed by atoms with Crippen LogP contribution in [-0.4, -0.2) is 51.1 Å². The number of likely N-dealkylation sites (tertiary alicyclic amines) is 1. The topological polar surface area (TPSA) is 53.7 Å². The minimum atomic E-state index is 0.340. The number of hydrogen-bond donors (Lipinski definition) is 0. The van der Waals surface area contributed by atoms with Crippen LogP contribution in [0.3, 0.4) is 0 Å². The van der Waals surface area contributed by atoms with Crippen LogP contribution in [0.15, 0.2) is 30.5 Å². The number of aromatic nitrogens is 3. The fourth-order valence-corrected chi connectivity index (χ4v) is 5.22. The van der Waals surface area contributed by atoms with Crippen molar-refractivity contribution in [3.05, 3.63) is 35.5 Å². The van der Waals surface area contributed by atoms with E-state index in [9.17, 15) is 4.79 Å². The van der Waals surface area contributed by atoms with Crippen LogP contribution in [0, 0.1) is 0 Å². The van der Waals surface area contributed by atoms with Gasteiger partial charge in [0.2, 0.25) is 16.0 Å². The minimum Gasteiger partial charge on any atom is -0.347 e. The highest BCUT2D eigenvalue weighted by atomic mass is 35.5. The van der Waals surface area contributed by atoms with Crippen LogP contribution in [0.4, 0.5) is 5.13 Å². The molecule has 2 aliphatic heterocycles. The van der Waals surface area contributed by atoms with Crippen molar-refractivity contribution in [2.75, 3.05) is 24.5 Å². The Morgan fingerprint density at radius 2 is 1.86 bits per heavy atom. The molecular formula is C20H22ClN5OS. The summed E-state index contributed by atoms with van der Waals surface area (Å²) in [6.07, 6.45) is 6.92. The summed E-state index contributed by atoms with van der Waals surface area (Å²) >= 11 is 7.59. The first kappa shape index (κ1) is 17.9. The lowest BCUT2D eigenvalue weighted by Gasteiger charge is -2.40. The summed E-state index contributed by atoms with van der Waals surface area (Å²) in [5, 5.41) is 6.47. The SMILES string of the molecule is O=C1CCCCN1C1CCN(c2nn3cc(-c4ccc(Cl)cc4)nc3s2)CC1. The summed E-state index contributed by atoms with van der Waals surface area (Å²) in [6.45, 7) is 2.81. The Bertz CT molecular complexity index is 958. The average molecular weight is 416 g/mol. The lowest BCUT2D eigenvalue weighted by atomic mass is 10.00. The Morgan fingerprint density at radius 3 is 2.57 bits per heavy atom. The normalized spacial score (nSPS) is 19.0. The first-order valence-electron chi connectivity index (χ1n) is 9.84. The van der Waals surface area contributed by atoms with Crippen molar-refractivity contribution in [2.24, 2.45) is 0 Å². The summed E-state index contributed by atoms with van der Waals surface area (Å²) in [5.41, 5.74) is 1.94. The van der Waals surface area contributed by atoms with Gasteiger partial charge < -0.3 is 9.80 Å². The van der Waals surface area contributed by atoms with Gasteiger partial charge >= 0.3 is 0 Å². The molecule has 2 saturated heterocycles. The molecule has 8 heteroatoms. The molecule has 0 unspecified atom stereocenters. The van der Waals surface area contributed by atoms with E-state index in [1.807, 2.05) is 35.0 Å². The Morgan fingerprint density at radius 1 is 1.07 bits per heavy atom. The molecule has 28 heavy (non-hydrogen) atoms. The molecule has 146 valence electrons. The molecule has 1 aromatic carbocycles.